The Labute approximate surface area is 170 Å². The number of anilines is 1. The molecule has 3 heterocycles. The number of benzene rings is 1. The molecule has 3 aliphatic rings. The van der Waals surface area contributed by atoms with Crippen LogP contribution in [0.2, 0.25) is 0 Å². The molecular formula is C23H27N3O3. The number of ether oxygens (including phenoxy) is 1. The van der Waals surface area contributed by atoms with Gasteiger partial charge in [0.1, 0.15) is 12.3 Å². The maximum absolute atomic E-state index is 12.7. The lowest BCUT2D eigenvalue weighted by Crippen LogP contribution is -2.35. The number of aryl methyl sites for hydroxylation is 1. The van der Waals surface area contributed by atoms with Crippen molar-refractivity contribution >= 4 is 11.6 Å². The van der Waals surface area contributed by atoms with Gasteiger partial charge in [0.15, 0.2) is 11.6 Å². The average Bonchev–Trinajstić information content (AvgIpc) is 3.30. The molecule has 1 aromatic heterocycles. The van der Waals surface area contributed by atoms with E-state index in [1.807, 2.05) is 25.1 Å². The van der Waals surface area contributed by atoms with Gasteiger partial charge >= 0.3 is 0 Å². The second-order valence-corrected chi connectivity index (χ2v) is 8.93. The monoisotopic (exact) mass is 393 g/mol. The van der Waals surface area contributed by atoms with E-state index in [4.69, 9.17) is 4.74 Å². The molecule has 6 nitrogen and oxygen atoms in total. The number of Topliss-reactive ketones (excluding diaryl/α,β-unsaturated/α-hetero) is 1. The van der Waals surface area contributed by atoms with E-state index in [1.165, 1.54) is 35.9 Å². The van der Waals surface area contributed by atoms with Crippen LogP contribution in [0.1, 0.15) is 42.4 Å². The van der Waals surface area contributed by atoms with Gasteiger partial charge in [0.2, 0.25) is 0 Å². The van der Waals surface area contributed by atoms with Gasteiger partial charge in [0, 0.05) is 32.0 Å². The Morgan fingerprint density at radius 3 is 2.86 bits per heavy atom. The smallest absolute Gasteiger partial charge is 0.267 e. The number of fused-ring (bicyclic) bond motifs is 1. The molecule has 2 aromatic rings. The molecule has 0 atom stereocenters. The van der Waals surface area contributed by atoms with Crippen molar-refractivity contribution in [2.45, 2.75) is 52.0 Å². The summed E-state index contributed by atoms with van der Waals surface area (Å²) in [5.41, 5.74) is 3.25. The van der Waals surface area contributed by atoms with Crippen LogP contribution in [0.5, 0.6) is 5.75 Å². The minimum absolute atomic E-state index is 0.00301. The minimum Gasteiger partial charge on any atom is -0.493 e. The molecule has 0 N–H and O–H groups in total. The van der Waals surface area contributed by atoms with Crippen LogP contribution in [0, 0.1) is 12.3 Å². The summed E-state index contributed by atoms with van der Waals surface area (Å²) in [6, 6.07) is 7.57. The lowest BCUT2D eigenvalue weighted by molar-refractivity contribution is -0.119. The lowest BCUT2D eigenvalue weighted by Gasteiger charge is -2.38. The first-order chi connectivity index (χ1) is 14.0. The Morgan fingerprint density at radius 2 is 2.10 bits per heavy atom. The molecule has 1 saturated heterocycles. The van der Waals surface area contributed by atoms with E-state index in [1.54, 1.807) is 6.07 Å². The third-order valence-electron chi connectivity index (χ3n) is 6.80. The molecule has 29 heavy (non-hydrogen) atoms. The van der Waals surface area contributed by atoms with Crippen LogP contribution in [0.15, 0.2) is 29.1 Å². The van der Waals surface area contributed by atoms with Crippen LogP contribution in [0.3, 0.4) is 0 Å². The molecule has 5 rings (SSSR count). The van der Waals surface area contributed by atoms with Gasteiger partial charge in [-0.1, -0.05) is 18.6 Å². The fraction of sp³-hybridized carbons (Fsp3) is 0.522. The van der Waals surface area contributed by atoms with Crippen molar-refractivity contribution < 1.29 is 9.53 Å². The summed E-state index contributed by atoms with van der Waals surface area (Å²) in [6.07, 6.45) is 6.32. The summed E-state index contributed by atoms with van der Waals surface area (Å²) in [5, 5.41) is 4.60. The quantitative estimate of drug-likeness (QED) is 0.782. The zero-order valence-electron chi connectivity index (χ0n) is 16.9. The molecular weight excluding hydrogens is 366 g/mol. The fourth-order valence-corrected chi connectivity index (χ4v) is 4.96. The highest BCUT2D eigenvalue weighted by atomic mass is 16.5. The predicted molar refractivity (Wildman–Crippen MR) is 111 cm³/mol. The van der Waals surface area contributed by atoms with Gasteiger partial charge < -0.3 is 9.64 Å². The van der Waals surface area contributed by atoms with Gasteiger partial charge in [-0.2, -0.15) is 5.10 Å². The zero-order chi connectivity index (χ0) is 20.0. The van der Waals surface area contributed by atoms with E-state index in [-0.39, 0.29) is 24.3 Å². The topological polar surface area (TPSA) is 64.4 Å². The summed E-state index contributed by atoms with van der Waals surface area (Å²) in [6.45, 7) is 4.64. The molecule has 1 saturated carbocycles. The van der Waals surface area contributed by atoms with Crippen LogP contribution >= 0.6 is 0 Å². The van der Waals surface area contributed by atoms with E-state index < -0.39 is 0 Å². The maximum Gasteiger partial charge on any atom is 0.267 e. The number of carbonyl (C=O) groups excluding carboxylic acids is 1. The second kappa shape index (κ2) is 7.01. The molecule has 1 spiro atoms. The molecule has 2 aliphatic heterocycles. The fourth-order valence-electron chi connectivity index (χ4n) is 4.96. The van der Waals surface area contributed by atoms with E-state index in [9.17, 15) is 9.59 Å². The van der Waals surface area contributed by atoms with Crippen molar-refractivity contribution in [2.75, 3.05) is 24.6 Å². The van der Waals surface area contributed by atoms with Gasteiger partial charge in [-0.25, -0.2) is 4.68 Å². The molecule has 0 amide bonds. The number of ketones is 1. The molecule has 1 aromatic carbocycles. The number of aromatic nitrogens is 2. The standard InChI is InChI=1S/C23H27N3O3/c1-16-11-21(28)26(24-22(16)25-9-8-23(15-25)6-2-7-23)14-19(27)12-17-3-4-18-5-10-29-20(18)13-17/h3-4,11,13H,2,5-10,12,14-15H2,1H3. The number of nitrogens with zero attached hydrogens (tertiary/aromatic N) is 3. The van der Waals surface area contributed by atoms with E-state index >= 15 is 0 Å². The van der Waals surface area contributed by atoms with Crippen molar-refractivity contribution in [2.24, 2.45) is 5.41 Å². The van der Waals surface area contributed by atoms with Gasteiger partial charge in [-0.3, -0.25) is 9.59 Å². The molecule has 0 bridgehead atoms. The molecule has 1 aliphatic carbocycles. The maximum atomic E-state index is 12.7. The number of hydrogen-bond donors (Lipinski definition) is 0. The van der Waals surface area contributed by atoms with Crippen molar-refractivity contribution in [3.8, 4) is 5.75 Å². The molecule has 2 fully saturated rings. The zero-order valence-corrected chi connectivity index (χ0v) is 16.9. The summed E-state index contributed by atoms with van der Waals surface area (Å²) >= 11 is 0. The summed E-state index contributed by atoms with van der Waals surface area (Å²) in [7, 11) is 0. The number of hydrogen-bond acceptors (Lipinski definition) is 5. The predicted octanol–water partition coefficient (Wildman–Crippen LogP) is 2.68. The van der Waals surface area contributed by atoms with Gasteiger partial charge in [-0.05, 0) is 54.4 Å². The molecule has 0 radical (unpaired) electrons. The number of carbonyl (C=O) groups is 1. The number of rotatable bonds is 5. The SMILES string of the molecule is Cc1cc(=O)n(CC(=O)Cc2ccc3c(c2)OCC3)nc1N1CCC2(CCC2)C1. The largest absolute Gasteiger partial charge is 0.493 e. The Balaban J connectivity index is 1.31. The lowest BCUT2D eigenvalue weighted by atomic mass is 9.68. The Kier molecular flexibility index (Phi) is 4.45. The highest BCUT2D eigenvalue weighted by Gasteiger charge is 2.43. The highest BCUT2D eigenvalue weighted by molar-refractivity contribution is 5.80. The van der Waals surface area contributed by atoms with Crippen LogP contribution in [0.4, 0.5) is 5.82 Å². The van der Waals surface area contributed by atoms with E-state index in [0.29, 0.717) is 12.0 Å². The third kappa shape index (κ3) is 3.45. The van der Waals surface area contributed by atoms with Crippen LogP contribution in [-0.4, -0.2) is 35.3 Å². The first kappa shape index (κ1) is 18.4. The van der Waals surface area contributed by atoms with Crippen molar-refractivity contribution in [1.82, 2.24) is 9.78 Å². The third-order valence-corrected chi connectivity index (χ3v) is 6.80. The first-order valence-electron chi connectivity index (χ1n) is 10.6. The van der Waals surface area contributed by atoms with Crippen molar-refractivity contribution in [3.63, 3.8) is 0 Å². The summed E-state index contributed by atoms with van der Waals surface area (Å²) < 4.78 is 6.92. The van der Waals surface area contributed by atoms with Crippen LogP contribution < -0.4 is 15.2 Å². The molecule has 6 heteroatoms. The molecule has 0 unspecified atom stereocenters. The molecule has 152 valence electrons. The minimum atomic E-state index is -0.213. The van der Waals surface area contributed by atoms with E-state index in [0.717, 1.165) is 42.2 Å². The Hall–Kier alpha value is -2.63. The summed E-state index contributed by atoms with van der Waals surface area (Å²) in [5.74, 6) is 1.71. The van der Waals surface area contributed by atoms with Gasteiger partial charge in [0.05, 0.1) is 6.61 Å². The Bertz CT molecular complexity index is 1020. The van der Waals surface area contributed by atoms with E-state index in [2.05, 4.69) is 10.00 Å². The van der Waals surface area contributed by atoms with Gasteiger partial charge in [-0.15, -0.1) is 0 Å². The van der Waals surface area contributed by atoms with Gasteiger partial charge in [0.25, 0.3) is 5.56 Å². The van der Waals surface area contributed by atoms with Crippen LogP contribution in [0.25, 0.3) is 0 Å². The average molecular weight is 393 g/mol. The highest BCUT2D eigenvalue weighted by Crippen LogP contribution is 2.48. The van der Waals surface area contributed by atoms with Crippen molar-refractivity contribution in [1.29, 1.82) is 0 Å². The Morgan fingerprint density at radius 1 is 1.24 bits per heavy atom. The summed E-state index contributed by atoms with van der Waals surface area (Å²) in [4.78, 5) is 27.4. The van der Waals surface area contributed by atoms with Crippen LogP contribution in [-0.2, 0) is 24.2 Å². The second-order valence-electron chi connectivity index (χ2n) is 8.93. The van der Waals surface area contributed by atoms with Crippen molar-refractivity contribution in [3.05, 3.63) is 51.3 Å². The normalized spacial score (nSPS) is 19.1. The first-order valence-corrected chi connectivity index (χ1v) is 10.6.